The van der Waals surface area contributed by atoms with E-state index in [1.807, 2.05) is 13.0 Å². The van der Waals surface area contributed by atoms with Crippen LogP contribution in [0.25, 0.3) is 0 Å². The fourth-order valence-corrected chi connectivity index (χ4v) is 2.17. The molecule has 4 N–H and O–H groups in total. The molecular formula is C17H22N6O3. The van der Waals surface area contributed by atoms with Gasteiger partial charge in [-0.15, -0.1) is 10.2 Å². The highest BCUT2D eigenvalue weighted by Crippen LogP contribution is 2.23. The maximum Gasteiger partial charge on any atom is 0.352 e. The number of urea groups is 1. The van der Waals surface area contributed by atoms with Gasteiger partial charge >= 0.3 is 6.03 Å². The number of rotatable bonds is 6. The molecule has 9 nitrogen and oxygen atoms in total. The van der Waals surface area contributed by atoms with Gasteiger partial charge in [-0.2, -0.15) is 0 Å². The van der Waals surface area contributed by atoms with E-state index in [0.29, 0.717) is 17.2 Å². The number of aryl methyl sites for hydroxylation is 1. The normalized spacial score (nSPS) is 11.7. The number of hydrazine groups is 2. The molecule has 0 bridgehead atoms. The lowest BCUT2D eigenvalue weighted by Gasteiger charge is -2.23. The van der Waals surface area contributed by atoms with Crippen LogP contribution in [0.1, 0.15) is 23.8 Å². The van der Waals surface area contributed by atoms with E-state index in [-0.39, 0.29) is 6.61 Å². The second kappa shape index (κ2) is 8.79. The molecule has 138 valence electrons. The van der Waals surface area contributed by atoms with Gasteiger partial charge in [-0.25, -0.2) is 21.5 Å². The smallest absolute Gasteiger partial charge is 0.352 e. The maximum atomic E-state index is 12.0. The van der Waals surface area contributed by atoms with E-state index < -0.39 is 6.03 Å². The van der Waals surface area contributed by atoms with Gasteiger partial charge in [0.1, 0.15) is 18.1 Å². The number of carbonyl (C=O) groups excluding carboxylic acids is 1. The van der Waals surface area contributed by atoms with Crippen molar-refractivity contribution in [1.82, 2.24) is 5.01 Å². The number of anilines is 1. The number of nitrogens with zero attached hydrogens (tertiary/aromatic N) is 4. The third kappa shape index (κ3) is 4.68. The first-order valence-electron chi connectivity index (χ1n) is 7.79. The van der Waals surface area contributed by atoms with E-state index in [1.54, 1.807) is 37.5 Å². The SMILES string of the molecule is CC(=NN=COCc1c(C)cccc1N(N)C(=O)N(C)N)c1ccco1. The van der Waals surface area contributed by atoms with Gasteiger partial charge in [-0.05, 0) is 37.6 Å². The fraction of sp³-hybridized carbons (Fsp3) is 0.235. The monoisotopic (exact) mass is 358 g/mol. The Balaban J connectivity index is 2.06. The van der Waals surface area contributed by atoms with Crippen molar-refractivity contribution in [2.75, 3.05) is 12.1 Å². The fourth-order valence-electron chi connectivity index (χ4n) is 2.17. The van der Waals surface area contributed by atoms with Gasteiger partial charge in [-0.1, -0.05) is 12.1 Å². The minimum absolute atomic E-state index is 0.163. The molecule has 1 heterocycles. The predicted molar refractivity (Wildman–Crippen MR) is 99.4 cm³/mol. The Morgan fingerprint density at radius 3 is 2.73 bits per heavy atom. The average molecular weight is 358 g/mol. The van der Waals surface area contributed by atoms with Gasteiger partial charge in [0.05, 0.1) is 12.0 Å². The van der Waals surface area contributed by atoms with Gasteiger partial charge in [0.15, 0.2) is 6.40 Å². The summed E-state index contributed by atoms with van der Waals surface area (Å²) in [6.45, 7) is 3.83. The van der Waals surface area contributed by atoms with Crippen LogP contribution in [0.5, 0.6) is 0 Å². The minimum atomic E-state index is -0.552. The van der Waals surface area contributed by atoms with Gasteiger partial charge in [-0.3, -0.25) is 5.01 Å². The molecule has 2 rings (SSSR count). The molecule has 0 radical (unpaired) electrons. The number of hydrogen-bond donors (Lipinski definition) is 2. The summed E-state index contributed by atoms with van der Waals surface area (Å²) in [6.07, 6.45) is 2.79. The van der Waals surface area contributed by atoms with E-state index in [9.17, 15) is 4.79 Å². The standard InChI is InChI=1S/C17H22N6O3/c1-12-6-4-7-15(23(19)17(24)22(3)18)14(12)10-25-11-20-21-13(2)16-8-5-9-26-16/h4-9,11H,10,18-19H2,1-3H3. The third-order valence-electron chi connectivity index (χ3n) is 3.59. The van der Waals surface area contributed by atoms with Crippen molar-refractivity contribution in [3.63, 3.8) is 0 Å². The first-order valence-corrected chi connectivity index (χ1v) is 7.79. The number of benzene rings is 1. The van der Waals surface area contributed by atoms with Gasteiger partial charge in [0, 0.05) is 12.6 Å². The Morgan fingerprint density at radius 2 is 2.08 bits per heavy atom. The first-order chi connectivity index (χ1) is 12.4. The van der Waals surface area contributed by atoms with E-state index in [0.717, 1.165) is 21.1 Å². The molecule has 0 saturated carbocycles. The Bertz CT molecular complexity index is 799. The highest BCUT2D eigenvalue weighted by Gasteiger charge is 2.18. The van der Waals surface area contributed by atoms with Crippen molar-refractivity contribution in [1.29, 1.82) is 0 Å². The van der Waals surface area contributed by atoms with Gasteiger partial charge < -0.3 is 9.15 Å². The topological polar surface area (TPSA) is 123 Å². The summed E-state index contributed by atoms with van der Waals surface area (Å²) in [6, 6.07) is 8.41. The van der Waals surface area contributed by atoms with Crippen LogP contribution in [-0.2, 0) is 11.3 Å². The molecule has 9 heteroatoms. The molecule has 0 saturated heterocycles. The lowest BCUT2D eigenvalue weighted by atomic mass is 10.1. The summed E-state index contributed by atoms with van der Waals surface area (Å²) in [7, 11) is 1.42. The second-order valence-corrected chi connectivity index (χ2v) is 5.53. The molecule has 2 aromatic rings. The zero-order valence-electron chi connectivity index (χ0n) is 14.9. The zero-order chi connectivity index (χ0) is 19.1. The maximum absolute atomic E-state index is 12.0. The number of furan rings is 1. The molecule has 0 spiro atoms. The molecule has 1 aromatic heterocycles. The summed E-state index contributed by atoms with van der Waals surface area (Å²) < 4.78 is 10.6. The van der Waals surface area contributed by atoms with E-state index >= 15 is 0 Å². The van der Waals surface area contributed by atoms with Crippen molar-refractivity contribution >= 4 is 23.8 Å². The Kier molecular flexibility index (Phi) is 6.48. The first kappa shape index (κ1) is 19.2. The number of amides is 2. The van der Waals surface area contributed by atoms with Crippen LogP contribution >= 0.6 is 0 Å². The van der Waals surface area contributed by atoms with Crippen molar-refractivity contribution in [2.24, 2.45) is 21.9 Å². The van der Waals surface area contributed by atoms with Crippen LogP contribution in [0.15, 0.2) is 51.2 Å². The van der Waals surface area contributed by atoms with Crippen LogP contribution in [0.4, 0.5) is 10.5 Å². The Morgan fingerprint density at radius 1 is 1.31 bits per heavy atom. The van der Waals surface area contributed by atoms with Crippen molar-refractivity contribution < 1.29 is 13.9 Å². The van der Waals surface area contributed by atoms with E-state index in [2.05, 4.69) is 10.2 Å². The molecule has 0 aliphatic heterocycles. The minimum Gasteiger partial charge on any atom is -0.477 e. The van der Waals surface area contributed by atoms with Crippen LogP contribution in [0, 0.1) is 6.92 Å². The molecule has 0 aliphatic carbocycles. The summed E-state index contributed by atoms with van der Waals surface area (Å²) in [4.78, 5) is 12.0. The summed E-state index contributed by atoms with van der Waals surface area (Å²) in [5, 5.41) is 9.71. The summed E-state index contributed by atoms with van der Waals surface area (Å²) >= 11 is 0. The average Bonchev–Trinajstić information content (AvgIpc) is 3.15. The molecule has 1 aromatic carbocycles. The molecule has 0 unspecified atom stereocenters. The molecule has 0 atom stereocenters. The molecule has 26 heavy (non-hydrogen) atoms. The van der Waals surface area contributed by atoms with Crippen LogP contribution in [0.2, 0.25) is 0 Å². The molecule has 0 fully saturated rings. The number of ether oxygens (including phenoxy) is 1. The molecule has 2 amide bonds. The Hall–Kier alpha value is -3.17. The van der Waals surface area contributed by atoms with Gasteiger partial charge in [0.25, 0.3) is 0 Å². The van der Waals surface area contributed by atoms with Crippen LogP contribution < -0.4 is 16.7 Å². The number of carbonyl (C=O) groups is 1. The van der Waals surface area contributed by atoms with Crippen molar-refractivity contribution in [3.8, 4) is 0 Å². The highest BCUT2D eigenvalue weighted by atomic mass is 16.5. The quantitative estimate of drug-likeness (QED) is 0.269. The van der Waals surface area contributed by atoms with E-state index in [1.165, 1.54) is 13.4 Å². The summed E-state index contributed by atoms with van der Waals surface area (Å²) in [5.41, 5.74) is 2.77. The van der Waals surface area contributed by atoms with Crippen molar-refractivity contribution in [3.05, 3.63) is 53.5 Å². The third-order valence-corrected chi connectivity index (χ3v) is 3.59. The van der Waals surface area contributed by atoms with Crippen LogP contribution in [0.3, 0.4) is 0 Å². The largest absolute Gasteiger partial charge is 0.477 e. The van der Waals surface area contributed by atoms with Gasteiger partial charge in [0.2, 0.25) is 0 Å². The highest BCUT2D eigenvalue weighted by molar-refractivity contribution is 5.96. The second-order valence-electron chi connectivity index (χ2n) is 5.53. The number of nitrogens with two attached hydrogens (primary N) is 2. The zero-order valence-corrected chi connectivity index (χ0v) is 14.9. The molecule has 0 aliphatic rings. The van der Waals surface area contributed by atoms with Crippen LogP contribution in [-0.4, -0.2) is 30.2 Å². The molecular weight excluding hydrogens is 336 g/mol. The predicted octanol–water partition coefficient (Wildman–Crippen LogP) is 2.16. The van der Waals surface area contributed by atoms with Crippen molar-refractivity contribution in [2.45, 2.75) is 20.5 Å². The lowest BCUT2D eigenvalue weighted by molar-refractivity contribution is 0.216. The lowest BCUT2D eigenvalue weighted by Crippen LogP contribution is -2.49. The number of hydrogen-bond acceptors (Lipinski definition) is 7. The van der Waals surface area contributed by atoms with E-state index in [4.69, 9.17) is 20.8 Å². The summed E-state index contributed by atoms with van der Waals surface area (Å²) in [5.74, 6) is 12.0. The Labute approximate surface area is 151 Å².